The fourth-order valence-electron chi connectivity index (χ4n) is 3.55. The van der Waals surface area contributed by atoms with E-state index in [0.29, 0.717) is 0 Å². The number of benzene rings is 2. The summed E-state index contributed by atoms with van der Waals surface area (Å²) in [5.74, 6) is 0. The molecule has 146 valence electrons. The Morgan fingerprint density at radius 2 is 1.56 bits per heavy atom. The van der Waals surface area contributed by atoms with Crippen molar-refractivity contribution >= 4 is 0 Å². The van der Waals surface area contributed by atoms with E-state index in [1.807, 2.05) is 24.3 Å². The smallest absolute Gasteiger partial charge is 0.113 e. The average Bonchev–Trinajstić information content (AvgIpc) is 2.68. The van der Waals surface area contributed by atoms with Crippen molar-refractivity contribution < 1.29 is 25.2 Å². The SMILES string of the molecule is Cc1ccc(CCCc2cccc([C@@H]3O[C@H](CO)[C@@H](O)[C@H](O)[C@H]3O)c2)cc1. The van der Waals surface area contributed by atoms with Gasteiger partial charge in [-0.2, -0.15) is 0 Å². The number of aliphatic hydroxyl groups excluding tert-OH is 4. The summed E-state index contributed by atoms with van der Waals surface area (Å²) in [7, 11) is 0. The van der Waals surface area contributed by atoms with Crippen molar-refractivity contribution in [2.24, 2.45) is 0 Å². The van der Waals surface area contributed by atoms with Crippen LogP contribution in [0.15, 0.2) is 48.5 Å². The zero-order chi connectivity index (χ0) is 19.4. The molecule has 3 rings (SSSR count). The Labute approximate surface area is 159 Å². The second-order valence-electron chi connectivity index (χ2n) is 7.33. The Bertz CT molecular complexity index is 728. The van der Waals surface area contributed by atoms with E-state index >= 15 is 0 Å². The van der Waals surface area contributed by atoms with Crippen molar-refractivity contribution in [2.45, 2.75) is 56.7 Å². The molecule has 27 heavy (non-hydrogen) atoms. The molecule has 1 aliphatic rings. The van der Waals surface area contributed by atoms with Crippen molar-refractivity contribution in [2.75, 3.05) is 6.61 Å². The van der Waals surface area contributed by atoms with Gasteiger partial charge in [0.1, 0.15) is 30.5 Å². The molecule has 0 saturated carbocycles. The molecular formula is C22H28O5. The first kappa shape index (κ1) is 20.0. The zero-order valence-corrected chi connectivity index (χ0v) is 15.5. The van der Waals surface area contributed by atoms with Gasteiger partial charge in [0.25, 0.3) is 0 Å². The molecule has 2 aromatic carbocycles. The van der Waals surface area contributed by atoms with Crippen molar-refractivity contribution in [3.05, 3.63) is 70.8 Å². The van der Waals surface area contributed by atoms with Gasteiger partial charge >= 0.3 is 0 Å². The van der Waals surface area contributed by atoms with E-state index in [2.05, 4.69) is 31.2 Å². The van der Waals surface area contributed by atoms with Gasteiger partial charge in [0.15, 0.2) is 0 Å². The molecule has 5 nitrogen and oxygen atoms in total. The third kappa shape index (κ3) is 4.75. The monoisotopic (exact) mass is 372 g/mol. The molecule has 4 N–H and O–H groups in total. The molecule has 1 fully saturated rings. The Balaban J connectivity index is 1.65. The summed E-state index contributed by atoms with van der Waals surface area (Å²) in [6.07, 6.45) is -2.72. The van der Waals surface area contributed by atoms with E-state index in [-0.39, 0.29) is 0 Å². The summed E-state index contributed by atoms with van der Waals surface area (Å²) in [6.45, 7) is 1.66. The lowest BCUT2D eigenvalue weighted by Gasteiger charge is -2.40. The van der Waals surface area contributed by atoms with Gasteiger partial charge in [0.2, 0.25) is 0 Å². The lowest BCUT2D eigenvalue weighted by atomic mass is 9.90. The summed E-state index contributed by atoms with van der Waals surface area (Å²) in [6, 6.07) is 16.3. The van der Waals surface area contributed by atoms with Crippen LogP contribution < -0.4 is 0 Å². The van der Waals surface area contributed by atoms with Gasteiger partial charge in [0.05, 0.1) is 6.61 Å². The summed E-state index contributed by atoms with van der Waals surface area (Å²) in [5.41, 5.74) is 4.42. The Kier molecular flexibility index (Phi) is 6.63. The van der Waals surface area contributed by atoms with E-state index in [1.54, 1.807) is 0 Å². The van der Waals surface area contributed by atoms with Crippen molar-refractivity contribution in [3.8, 4) is 0 Å². The lowest BCUT2D eigenvalue weighted by molar-refractivity contribution is -0.231. The Morgan fingerprint density at radius 3 is 2.26 bits per heavy atom. The van der Waals surface area contributed by atoms with E-state index in [9.17, 15) is 20.4 Å². The van der Waals surface area contributed by atoms with Gasteiger partial charge in [-0.15, -0.1) is 0 Å². The molecule has 1 aliphatic heterocycles. The van der Waals surface area contributed by atoms with Crippen LogP contribution in [-0.2, 0) is 17.6 Å². The van der Waals surface area contributed by atoms with Crippen LogP contribution in [0.5, 0.6) is 0 Å². The largest absolute Gasteiger partial charge is 0.394 e. The first-order valence-corrected chi connectivity index (χ1v) is 9.44. The van der Waals surface area contributed by atoms with E-state index in [4.69, 9.17) is 4.74 Å². The highest BCUT2D eigenvalue weighted by Crippen LogP contribution is 2.32. The third-order valence-corrected chi connectivity index (χ3v) is 5.22. The van der Waals surface area contributed by atoms with E-state index in [1.165, 1.54) is 11.1 Å². The number of rotatable bonds is 6. The highest BCUT2D eigenvalue weighted by atomic mass is 16.5. The number of hydrogen-bond donors (Lipinski definition) is 4. The summed E-state index contributed by atoms with van der Waals surface area (Å²) >= 11 is 0. The van der Waals surface area contributed by atoms with Gasteiger partial charge in [-0.3, -0.25) is 0 Å². The fourth-order valence-corrected chi connectivity index (χ4v) is 3.55. The predicted octanol–water partition coefficient (Wildman–Crippen LogP) is 1.69. The van der Waals surface area contributed by atoms with Gasteiger partial charge in [-0.1, -0.05) is 54.1 Å². The first-order valence-electron chi connectivity index (χ1n) is 9.44. The van der Waals surface area contributed by atoms with Gasteiger partial charge in [0, 0.05) is 0 Å². The maximum atomic E-state index is 10.3. The summed E-state index contributed by atoms with van der Waals surface area (Å²) in [5, 5.41) is 39.6. The minimum absolute atomic E-state index is 0.419. The summed E-state index contributed by atoms with van der Waals surface area (Å²) in [4.78, 5) is 0. The molecule has 0 aliphatic carbocycles. The van der Waals surface area contributed by atoms with Crippen molar-refractivity contribution in [1.82, 2.24) is 0 Å². The van der Waals surface area contributed by atoms with Crippen molar-refractivity contribution in [3.63, 3.8) is 0 Å². The molecule has 0 radical (unpaired) electrons. The van der Waals surface area contributed by atoms with Gasteiger partial charge in [-0.05, 0) is 42.9 Å². The number of hydrogen-bond acceptors (Lipinski definition) is 5. The van der Waals surface area contributed by atoms with Crippen LogP contribution >= 0.6 is 0 Å². The van der Waals surface area contributed by atoms with Crippen LogP contribution in [-0.4, -0.2) is 51.4 Å². The van der Waals surface area contributed by atoms with E-state index in [0.717, 1.165) is 30.4 Å². The molecule has 5 atom stereocenters. The molecule has 5 heteroatoms. The normalized spacial score (nSPS) is 28.3. The fraction of sp³-hybridized carbons (Fsp3) is 0.455. The van der Waals surface area contributed by atoms with Gasteiger partial charge < -0.3 is 25.2 Å². The zero-order valence-electron chi connectivity index (χ0n) is 15.5. The van der Waals surface area contributed by atoms with Crippen LogP contribution in [0, 0.1) is 6.92 Å². The third-order valence-electron chi connectivity index (χ3n) is 5.22. The van der Waals surface area contributed by atoms with Crippen LogP contribution in [0.4, 0.5) is 0 Å². The second kappa shape index (κ2) is 8.95. The molecule has 0 aromatic heterocycles. The van der Waals surface area contributed by atoms with Crippen LogP contribution in [0.1, 0.15) is 34.8 Å². The Morgan fingerprint density at radius 1 is 0.852 bits per heavy atom. The molecule has 0 spiro atoms. The minimum atomic E-state index is -1.36. The lowest BCUT2D eigenvalue weighted by Crippen LogP contribution is -2.55. The van der Waals surface area contributed by atoms with Crippen molar-refractivity contribution in [1.29, 1.82) is 0 Å². The molecule has 0 bridgehead atoms. The highest BCUT2D eigenvalue weighted by molar-refractivity contribution is 5.27. The second-order valence-corrected chi connectivity index (χ2v) is 7.33. The molecule has 0 amide bonds. The average molecular weight is 372 g/mol. The van der Waals surface area contributed by atoms with Crippen LogP contribution in [0.3, 0.4) is 0 Å². The Hall–Kier alpha value is -1.76. The number of ether oxygens (including phenoxy) is 1. The molecule has 1 heterocycles. The van der Waals surface area contributed by atoms with E-state index < -0.39 is 37.1 Å². The minimum Gasteiger partial charge on any atom is -0.394 e. The van der Waals surface area contributed by atoms with Crippen LogP contribution in [0.25, 0.3) is 0 Å². The molecule has 2 aromatic rings. The quantitative estimate of drug-likeness (QED) is 0.620. The van der Waals surface area contributed by atoms with Crippen LogP contribution in [0.2, 0.25) is 0 Å². The molecule has 0 unspecified atom stereocenters. The molecule has 1 saturated heterocycles. The first-order chi connectivity index (χ1) is 13.0. The predicted molar refractivity (Wildman–Crippen MR) is 102 cm³/mol. The number of aliphatic hydroxyl groups is 4. The maximum Gasteiger partial charge on any atom is 0.113 e. The topological polar surface area (TPSA) is 90.2 Å². The summed E-state index contributed by atoms with van der Waals surface area (Å²) < 4.78 is 5.65. The highest BCUT2D eigenvalue weighted by Gasteiger charge is 2.43. The van der Waals surface area contributed by atoms with Gasteiger partial charge in [-0.25, -0.2) is 0 Å². The maximum absolute atomic E-state index is 10.3. The molecular weight excluding hydrogens is 344 g/mol. The number of aryl methyl sites for hydroxylation is 3. The standard InChI is InChI=1S/C22H28O5/c1-14-8-10-15(11-9-14)4-2-5-16-6-3-7-17(12-16)22-21(26)20(25)19(24)18(13-23)27-22/h3,6-12,18-26H,2,4-5,13H2,1H3/t18-,19-,20+,21-,22+/m1/s1.